The molecule has 4 aromatic rings. The molecule has 0 spiro atoms. The molecule has 0 bridgehead atoms. The number of hydrogen-bond donors (Lipinski definition) is 1. The van der Waals surface area contributed by atoms with Gasteiger partial charge in [0, 0.05) is 29.8 Å². The summed E-state index contributed by atoms with van der Waals surface area (Å²) in [5, 5.41) is 13.7. The van der Waals surface area contributed by atoms with Crippen molar-refractivity contribution < 1.29 is 37.6 Å². The summed E-state index contributed by atoms with van der Waals surface area (Å²) in [6, 6.07) is 15.1. The molecule has 0 radical (unpaired) electrons. The van der Waals surface area contributed by atoms with E-state index in [9.17, 15) is 13.9 Å². The Balaban J connectivity index is 1.86. The Labute approximate surface area is 253 Å². The minimum Gasteiger partial charge on any atom is -0.486 e. The zero-order valence-electron chi connectivity index (χ0n) is 24.7. The molecule has 2 unspecified atom stereocenters. The van der Waals surface area contributed by atoms with Gasteiger partial charge in [0.05, 0.1) is 32.2 Å². The second-order valence-corrected chi connectivity index (χ2v) is 10.5. The minimum absolute atomic E-state index is 0.0276. The third-order valence-corrected chi connectivity index (χ3v) is 7.45. The van der Waals surface area contributed by atoms with Gasteiger partial charge in [0.25, 0.3) is 0 Å². The summed E-state index contributed by atoms with van der Waals surface area (Å²) in [5.41, 5.74) is 0.391. The molecular weight excluding hydrogens is 574 g/mol. The van der Waals surface area contributed by atoms with Crippen molar-refractivity contribution in [2.75, 3.05) is 48.1 Å². The molecule has 12 heteroatoms. The highest BCUT2D eigenvalue weighted by atomic mass is 19.3. The Kier molecular flexibility index (Phi) is 8.98. The molecule has 5 rings (SSSR count). The van der Waals surface area contributed by atoms with Crippen molar-refractivity contribution in [1.29, 1.82) is 0 Å². The minimum atomic E-state index is -3.15. The molecule has 2 atom stereocenters. The predicted molar refractivity (Wildman–Crippen MR) is 158 cm³/mol. The number of hydrogen-bond acceptors (Lipinski definition) is 9. The van der Waals surface area contributed by atoms with Crippen molar-refractivity contribution in [3.8, 4) is 29.1 Å². The maximum absolute atomic E-state index is 13.4. The van der Waals surface area contributed by atoms with Gasteiger partial charge in [-0.2, -0.15) is 13.8 Å². The topological polar surface area (TPSA) is 99.8 Å². The summed E-state index contributed by atoms with van der Waals surface area (Å²) >= 11 is 0. The van der Waals surface area contributed by atoms with E-state index in [1.165, 1.54) is 26.4 Å². The molecular formula is C32H32F2N4O6. The molecule has 2 aromatic heterocycles. The van der Waals surface area contributed by atoms with Crippen LogP contribution >= 0.6 is 0 Å². The fraction of sp³-hybridized carbons (Fsp3) is 0.344. The number of rotatable bonds is 11. The first-order chi connectivity index (χ1) is 21.2. The standard InChI is InChI=1S/C32H32F2N4O6/c1-35-21-9-10-24-19(15-21)16-23(30(36-24)41-5)28(22-7-6-8-25-29(22)43-14-13-42-25)32(39,11-12-38(2)3)20-17-26(40-4)37-27(18-20)44-31(33)34/h6-10,15-18,28,31,39H,11-14H2,2-5H3. The van der Waals surface area contributed by atoms with Crippen LogP contribution < -0.4 is 23.7 Å². The molecule has 0 saturated heterocycles. The van der Waals surface area contributed by atoms with Gasteiger partial charge < -0.3 is 33.7 Å². The van der Waals surface area contributed by atoms with Crippen LogP contribution in [0.1, 0.15) is 29.0 Å². The van der Waals surface area contributed by atoms with Crippen molar-refractivity contribution in [3.05, 3.63) is 82.7 Å². The molecule has 2 aromatic carbocycles. The normalized spacial score (nSPS) is 14.6. The lowest BCUT2D eigenvalue weighted by Crippen LogP contribution is -2.38. The van der Waals surface area contributed by atoms with Crippen molar-refractivity contribution >= 4 is 16.6 Å². The van der Waals surface area contributed by atoms with E-state index in [0.717, 1.165) is 0 Å². The lowest BCUT2D eigenvalue weighted by Gasteiger charge is -2.40. The van der Waals surface area contributed by atoms with Crippen LogP contribution in [0.3, 0.4) is 0 Å². The van der Waals surface area contributed by atoms with Gasteiger partial charge in [-0.1, -0.05) is 18.2 Å². The number of fused-ring (bicyclic) bond motifs is 2. The van der Waals surface area contributed by atoms with Crippen LogP contribution in [0.2, 0.25) is 0 Å². The molecule has 10 nitrogen and oxygen atoms in total. The van der Waals surface area contributed by atoms with Gasteiger partial charge in [-0.25, -0.2) is 9.83 Å². The first-order valence-electron chi connectivity index (χ1n) is 13.8. The van der Waals surface area contributed by atoms with Gasteiger partial charge in [0.2, 0.25) is 17.6 Å². The van der Waals surface area contributed by atoms with Crippen LogP contribution in [0.25, 0.3) is 15.7 Å². The first-order valence-corrected chi connectivity index (χ1v) is 13.8. The predicted octanol–water partition coefficient (Wildman–Crippen LogP) is 5.54. The fourth-order valence-electron chi connectivity index (χ4n) is 5.44. The molecule has 1 N–H and O–H groups in total. The molecule has 1 aliphatic rings. The summed E-state index contributed by atoms with van der Waals surface area (Å²) in [6.45, 7) is 5.38. The number of halogens is 2. The number of para-hydroxylation sites is 1. The highest BCUT2D eigenvalue weighted by molar-refractivity contribution is 5.84. The highest BCUT2D eigenvalue weighted by Gasteiger charge is 2.45. The van der Waals surface area contributed by atoms with Gasteiger partial charge in [-0.05, 0) is 55.7 Å². The molecule has 44 heavy (non-hydrogen) atoms. The second kappa shape index (κ2) is 12.9. The van der Waals surface area contributed by atoms with Crippen LogP contribution in [0, 0.1) is 6.57 Å². The van der Waals surface area contributed by atoms with Crippen LogP contribution in [-0.4, -0.2) is 74.7 Å². The third kappa shape index (κ3) is 6.15. The number of alkyl halides is 2. The van der Waals surface area contributed by atoms with Crippen LogP contribution in [-0.2, 0) is 5.60 Å². The molecule has 1 aliphatic heterocycles. The molecule has 0 amide bonds. The quantitative estimate of drug-likeness (QED) is 0.221. The summed E-state index contributed by atoms with van der Waals surface area (Å²) in [4.78, 5) is 14.2. The summed E-state index contributed by atoms with van der Waals surface area (Å²) < 4.78 is 54.6. The molecule has 3 heterocycles. The zero-order valence-corrected chi connectivity index (χ0v) is 24.7. The van der Waals surface area contributed by atoms with E-state index in [1.807, 2.05) is 31.1 Å². The smallest absolute Gasteiger partial charge is 0.388 e. The number of methoxy groups -OCH3 is 2. The average molecular weight is 607 g/mol. The molecule has 230 valence electrons. The lowest BCUT2D eigenvalue weighted by molar-refractivity contribution is -0.0538. The highest BCUT2D eigenvalue weighted by Crippen LogP contribution is 2.52. The monoisotopic (exact) mass is 606 g/mol. The maximum atomic E-state index is 13.4. The Morgan fingerprint density at radius 2 is 1.77 bits per heavy atom. The van der Waals surface area contributed by atoms with Crippen LogP contribution in [0.15, 0.2) is 54.6 Å². The zero-order chi connectivity index (χ0) is 31.4. The van der Waals surface area contributed by atoms with Gasteiger partial charge in [-0.3, -0.25) is 0 Å². The van der Waals surface area contributed by atoms with Crippen molar-refractivity contribution in [3.63, 3.8) is 0 Å². The van der Waals surface area contributed by atoms with E-state index in [-0.39, 0.29) is 30.4 Å². The molecule has 0 fully saturated rings. The van der Waals surface area contributed by atoms with Crippen molar-refractivity contribution in [2.24, 2.45) is 0 Å². The maximum Gasteiger partial charge on any atom is 0.388 e. The van der Waals surface area contributed by atoms with Crippen molar-refractivity contribution in [2.45, 2.75) is 24.6 Å². The summed E-state index contributed by atoms with van der Waals surface area (Å²) in [7, 11) is 6.54. The molecule has 0 saturated carbocycles. The lowest BCUT2D eigenvalue weighted by atomic mass is 9.71. The van der Waals surface area contributed by atoms with Crippen LogP contribution in [0.4, 0.5) is 14.5 Å². The number of aliphatic hydroxyl groups is 1. The van der Waals surface area contributed by atoms with E-state index in [2.05, 4.69) is 14.6 Å². The van der Waals surface area contributed by atoms with E-state index < -0.39 is 24.0 Å². The summed E-state index contributed by atoms with van der Waals surface area (Å²) in [6.07, 6.45) is 0.111. The summed E-state index contributed by atoms with van der Waals surface area (Å²) in [5.74, 6) is -0.272. The third-order valence-electron chi connectivity index (χ3n) is 7.45. The number of nitrogens with zero attached hydrogens (tertiary/aromatic N) is 4. The Morgan fingerprint density at radius 1 is 1.00 bits per heavy atom. The van der Waals surface area contributed by atoms with E-state index in [0.29, 0.717) is 52.4 Å². The Morgan fingerprint density at radius 3 is 2.48 bits per heavy atom. The average Bonchev–Trinajstić information content (AvgIpc) is 3.02. The van der Waals surface area contributed by atoms with E-state index in [4.69, 9.17) is 30.5 Å². The second-order valence-electron chi connectivity index (χ2n) is 10.5. The number of aromatic nitrogens is 2. The van der Waals surface area contributed by atoms with E-state index >= 15 is 0 Å². The largest absolute Gasteiger partial charge is 0.486 e. The van der Waals surface area contributed by atoms with Crippen LogP contribution in [0.5, 0.6) is 29.1 Å². The van der Waals surface area contributed by atoms with Crippen molar-refractivity contribution in [1.82, 2.24) is 14.9 Å². The first kappa shape index (κ1) is 30.7. The molecule has 0 aliphatic carbocycles. The Bertz CT molecular complexity index is 1700. The van der Waals surface area contributed by atoms with Gasteiger partial charge >= 0.3 is 6.61 Å². The number of pyridine rings is 2. The fourth-order valence-corrected chi connectivity index (χ4v) is 5.44. The Hall–Kier alpha value is -4.73. The van der Waals surface area contributed by atoms with E-state index in [1.54, 1.807) is 30.3 Å². The van der Waals surface area contributed by atoms with Gasteiger partial charge in [0.15, 0.2) is 17.2 Å². The number of ether oxygens (including phenoxy) is 5. The van der Waals surface area contributed by atoms with Gasteiger partial charge in [0.1, 0.15) is 18.8 Å². The SMILES string of the molecule is [C-]#[N+]c1ccc2nc(OC)c(C(c3cccc4c3OCCO4)C(O)(CCN(C)C)c3cc(OC)nc(OC(F)F)c3)cc2c1. The number of benzene rings is 2. The van der Waals surface area contributed by atoms with Gasteiger partial charge in [-0.15, -0.1) is 0 Å².